The number of carbonyl (C=O) groups excluding carboxylic acids is 2. The Morgan fingerprint density at radius 3 is 2.50 bits per heavy atom. The Hall–Kier alpha value is -2.23. The maximum Gasteiger partial charge on any atom is 0.264 e. The van der Waals surface area contributed by atoms with Crippen molar-refractivity contribution in [1.82, 2.24) is 14.7 Å². The van der Waals surface area contributed by atoms with Gasteiger partial charge in [0, 0.05) is 31.9 Å². The van der Waals surface area contributed by atoms with Crippen LogP contribution in [0.3, 0.4) is 0 Å². The highest BCUT2D eigenvalue weighted by Gasteiger charge is 2.26. The Morgan fingerprint density at radius 2 is 1.86 bits per heavy atom. The summed E-state index contributed by atoms with van der Waals surface area (Å²) in [4.78, 5) is 32.6. The summed E-state index contributed by atoms with van der Waals surface area (Å²) in [7, 11) is -3.18. The van der Waals surface area contributed by atoms with E-state index in [1.807, 2.05) is 34.5 Å². The molecule has 1 unspecified atom stereocenters. The zero-order chi connectivity index (χ0) is 26.1. The Morgan fingerprint density at radius 1 is 1.11 bits per heavy atom. The van der Waals surface area contributed by atoms with Crippen LogP contribution >= 0.6 is 11.3 Å². The monoisotopic (exact) mass is 533 g/mol. The highest BCUT2D eigenvalue weighted by atomic mass is 32.2. The zero-order valence-electron chi connectivity index (χ0n) is 21.7. The Balaban J connectivity index is 1.45. The number of benzene rings is 1. The molecule has 2 heterocycles. The van der Waals surface area contributed by atoms with Gasteiger partial charge in [-0.3, -0.25) is 9.59 Å². The van der Waals surface area contributed by atoms with Gasteiger partial charge in [0.05, 0.1) is 9.77 Å². The number of hydrogen-bond acceptors (Lipinski definition) is 6. The summed E-state index contributed by atoms with van der Waals surface area (Å²) in [6.45, 7) is 8.57. The lowest BCUT2D eigenvalue weighted by Crippen LogP contribution is -2.40. The van der Waals surface area contributed by atoms with Gasteiger partial charge in [-0.05, 0) is 81.3 Å². The molecule has 0 saturated carbocycles. The molecular weight excluding hydrogens is 494 g/mol. The van der Waals surface area contributed by atoms with E-state index in [9.17, 15) is 18.0 Å². The second-order valence-corrected chi connectivity index (χ2v) is 12.6. The van der Waals surface area contributed by atoms with E-state index in [0.717, 1.165) is 57.3 Å². The minimum absolute atomic E-state index is 0.0359. The number of hydrogen-bond donors (Lipinski definition) is 0. The van der Waals surface area contributed by atoms with Gasteiger partial charge in [-0.1, -0.05) is 25.1 Å². The molecule has 36 heavy (non-hydrogen) atoms. The molecule has 0 N–H and O–H groups in total. The van der Waals surface area contributed by atoms with Crippen LogP contribution in [0.15, 0.2) is 46.7 Å². The van der Waals surface area contributed by atoms with Gasteiger partial charge in [0.2, 0.25) is 5.91 Å². The number of carbonyl (C=O) groups is 2. The SMILES string of the molecule is CCCN(CCCCN1CCCN(C(=O)c2cccs2)CC1=O)C(C)Cc1ccc(S(C)(=O)=O)cc1. The van der Waals surface area contributed by atoms with Crippen molar-refractivity contribution in [2.75, 3.05) is 45.5 Å². The molecule has 1 aromatic carbocycles. The van der Waals surface area contributed by atoms with Crippen LogP contribution in [-0.4, -0.2) is 86.5 Å². The minimum Gasteiger partial charge on any atom is -0.341 e. The molecule has 1 atom stereocenters. The summed E-state index contributed by atoms with van der Waals surface area (Å²) >= 11 is 1.42. The Kier molecular flexibility index (Phi) is 10.5. The average molecular weight is 534 g/mol. The Bertz CT molecular complexity index is 1080. The van der Waals surface area contributed by atoms with Crippen molar-refractivity contribution < 1.29 is 18.0 Å². The fourth-order valence-electron chi connectivity index (χ4n) is 4.69. The fraction of sp³-hybridized carbons (Fsp3) is 0.556. The first-order chi connectivity index (χ1) is 17.2. The second-order valence-electron chi connectivity index (χ2n) is 9.65. The van der Waals surface area contributed by atoms with E-state index < -0.39 is 9.84 Å². The van der Waals surface area contributed by atoms with E-state index in [2.05, 4.69) is 18.7 Å². The van der Waals surface area contributed by atoms with Gasteiger partial charge in [-0.2, -0.15) is 0 Å². The van der Waals surface area contributed by atoms with Crippen LogP contribution in [0.1, 0.15) is 54.8 Å². The van der Waals surface area contributed by atoms with Crippen molar-refractivity contribution in [2.45, 2.75) is 56.9 Å². The molecule has 0 radical (unpaired) electrons. The third-order valence-corrected chi connectivity index (χ3v) is 8.68. The highest BCUT2D eigenvalue weighted by Crippen LogP contribution is 2.17. The molecule has 1 fully saturated rings. The first-order valence-corrected chi connectivity index (χ1v) is 15.6. The molecule has 198 valence electrons. The summed E-state index contributed by atoms with van der Waals surface area (Å²) in [5, 5.41) is 1.89. The van der Waals surface area contributed by atoms with Gasteiger partial charge in [0.1, 0.15) is 6.54 Å². The predicted octanol–water partition coefficient (Wildman–Crippen LogP) is 3.95. The number of sulfone groups is 1. The molecule has 2 amide bonds. The van der Waals surface area contributed by atoms with E-state index in [1.54, 1.807) is 17.0 Å². The van der Waals surface area contributed by atoms with Gasteiger partial charge >= 0.3 is 0 Å². The van der Waals surface area contributed by atoms with Crippen LogP contribution in [0.5, 0.6) is 0 Å². The number of nitrogens with zero attached hydrogens (tertiary/aromatic N) is 3. The molecule has 3 rings (SSSR count). The maximum atomic E-state index is 12.8. The molecule has 1 aliphatic heterocycles. The summed E-state index contributed by atoms with van der Waals surface area (Å²) < 4.78 is 23.4. The van der Waals surface area contributed by atoms with Crippen molar-refractivity contribution in [3.8, 4) is 0 Å². The average Bonchev–Trinajstić information content (AvgIpc) is 3.31. The highest BCUT2D eigenvalue weighted by molar-refractivity contribution is 7.90. The number of rotatable bonds is 12. The standard InChI is InChI=1S/C27H39N3O4S2/c1-4-14-28(22(2)20-23-10-12-24(13-11-23)36(3,33)34)15-5-6-16-29-17-8-18-30(21-26(29)31)27(32)25-9-7-19-35-25/h7,9-13,19,22H,4-6,8,14-18,20-21H2,1-3H3. The van der Waals surface area contributed by atoms with Crippen molar-refractivity contribution in [2.24, 2.45) is 0 Å². The predicted molar refractivity (Wildman–Crippen MR) is 145 cm³/mol. The van der Waals surface area contributed by atoms with Crippen molar-refractivity contribution in [1.29, 1.82) is 0 Å². The van der Waals surface area contributed by atoms with E-state index in [4.69, 9.17) is 0 Å². The van der Waals surface area contributed by atoms with Gasteiger partial charge in [0.25, 0.3) is 5.91 Å². The fourth-order valence-corrected chi connectivity index (χ4v) is 6.01. The van der Waals surface area contributed by atoms with E-state index in [-0.39, 0.29) is 18.4 Å². The molecule has 7 nitrogen and oxygen atoms in total. The van der Waals surface area contributed by atoms with Gasteiger partial charge in [-0.25, -0.2) is 8.42 Å². The summed E-state index contributed by atoms with van der Waals surface area (Å²) in [5.41, 5.74) is 1.13. The topological polar surface area (TPSA) is 78.0 Å². The molecule has 0 bridgehead atoms. The summed E-state index contributed by atoms with van der Waals surface area (Å²) in [6.07, 6.45) is 5.89. The van der Waals surface area contributed by atoms with Crippen LogP contribution in [0.4, 0.5) is 0 Å². The molecule has 2 aromatic rings. The normalized spacial score (nSPS) is 15.8. The van der Waals surface area contributed by atoms with Crippen molar-refractivity contribution in [3.63, 3.8) is 0 Å². The first kappa shape index (κ1) is 28.3. The molecule has 1 saturated heterocycles. The number of unbranched alkanes of at least 4 members (excludes halogenated alkanes) is 1. The Labute approximate surface area is 220 Å². The molecule has 9 heteroatoms. The molecule has 0 aliphatic carbocycles. The van der Waals surface area contributed by atoms with Gasteiger partial charge in [-0.15, -0.1) is 11.3 Å². The molecular formula is C27H39N3O4S2. The van der Waals surface area contributed by atoms with Crippen LogP contribution in [0, 0.1) is 0 Å². The smallest absolute Gasteiger partial charge is 0.264 e. The van der Waals surface area contributed by atoms with E-state index >= 15 is 0 Å². The molecule has 0 spiro atoms. The van der Waals surface area contributed by atoms with E-state index in [1.165, 1.54) is 17.6 Å². The summed E-state index contributed by atoms with van der Waals surface area (Å²) in [6, 6.07) is 11.2. The van der Waals surface area contributed by atoms with Crippen LogP contribution in [-0.2, 0) is 21.1 Å². The van der Waals surface area contributed by atoms with Crippen LogP contribution < -0.4 is 0 Å². The largest absolute Gasteiger partial charge is 0.341 e. The maximum absolute atomic E-state index is 12.8. The third-order valence-electron chi connectivity index (χ3n) is 6.69. The minimum atomic E-state index is -3.18. The lowest BCUT2D eigenvalue weighted by molar-refractivity contribution is -0.130. The first-order valence-electron chi connectivity index (χ1n) is 12.8. The van der Waals surface area contributed by atoms with Crippen molar-refractivity contribution in [3.05, 3.63) is 52.2 Å². The quantitative estimate of drug-likeness (QED) is 0.386. The van der Waals surface area contributed by atoms with Crippen molar-refractivity contribution >= 4 is 33.0 Å². The lowest BCUT2D eigenvalue weighted by atomic mass is 10.1. The number of thiophene rings is 1. The summed E-state index contributed by atoms with van der Waals surface area (Å²) in [5.74, 6) is -0.0101. The van der Waals surface area contributed by atoms with Crippen LogP contribution in [0.2, 0.25) is 0 Å². The second kappa shape index (κ2) is 13.4. The lowest BCUT2D eigenvalue weighted by Gasteiger charge is -2.29. The third kappa shape index (κ3) is 8.15. The molecule has 1 aliphatic rings. The molecule has 1 aromatic heterocycles. The van der Waals surface area contributed by atoms with E-state index in [0.29, 0.717) is 28.9 Å². The number of amides is 2. The zero-order valence-corrected chi connectivity index (χ0v) is 23.3. The van der Waals surface area contributed by atoms with Gasteiger partial charge in [0.15, 0.2) is 9.84 Å². The van der Waals surface area contributed by atoms with Crippen LogP contribution in [0.25, 0.3) is 0 Å². The van der Waals surface area contributed by atoms with Gasteiger partial charge < -0.3 is 14.7 Å².